The number of hydrogen-bond donors (Lipinski definition) is 3. The smallest absolute Gasteiger partial charge is 0.254 e. The number of benzene rings is 2. The number of carbonyl (C=O) groups is 3. The van der Waals surface area contributed by atoms with Gasteiger partial charge in [-0.1, -0.05) is 12.1 Å². The highest BCUT2D eigenvalue weighted by Gasteiger charge is 2.22. The van der Waals surface area contributed by atoms with Crippen LogP contribution in [0.4, 0.5) is 5.69 Å². The van der Waals surface area contributed by atoms with Gasteiger partial charge < -0.3 is 15.5 Å². The van der Waals surface area contributed by atoms with Gasteiger partial charge in [-0.3, -0.25) is 14.4 Å². The Kier molecular flexibility index (Phi) is 6.48. The Balaban J connectivity index is 1.60. The molecule has 2 aromatic carbocycles. The lowest BCUT2D eigenvalue weighted by molar-refractivity contribution is -0.123. The van der Waals surface area contributed by atoms with Crippen molar-refractivity contribution in [1.82, 2.24) is 14.9 Å². The number of hydrogen-bond acceptors (Lipinski definition) is 5. The molecule has 158 valence electrons. The van der Waals surface area contributed by atoms with Crippen LogP contribution in [-0.2, 0) is 26.2 Å². The summed E-state index contributed by atoms with van der Waals surface area (Å²) in [5.74, 6) is -0.670. The first-order valence-electron chi connectivity index (χ1n) is 9.27. The number of amides is 3. The second-order valence-electron chi connectivity index (χ2n) is 6.80. The zero-order valence-electron chi connectivity index (χ0n) is 16.3. The number of nitrogens with zero attached hydrogens (tertiary/aromatic N) is 1. The van der Waals surface area contributed by atoms with Crippen LogP contribution in [-0.4, -0.2) is 50.7 Å². The molecule has 1 fully saturated rings. The first kappa shape index (κ1) is 21.5. The summed E-state index contributed by atoms with van der Waals surface area (Å²) in [4.78, 5) is 36.5. The van der Waals surface area contributed by atoms with Gasteiger partial charge in [-0.15, -0.1) is 0 Å². The minimum atomic E-state index is -3.74. The third-order valence-corrected chi connectivity index (χ3v) is 5.89. The van der Waals surface area contributed by atoms with Gasteiger partial charge in [0.05, 0.1) is 11.4 Å². The topological polar surface area (TPSA) is 125 Å². The highest BCUT2D eigenvalue weighted by Crippen LogP contribution is 2.15. The molecule has 0 bridgehead atoms. The minimum absolute atomic E-state index is 0.0289. The van der Waals surface area contributed by atoms with E-state index < -0.39 is 10.0 Å². The van der Waals surface area contributed by atoms with E-state index in [0.717, 1.165) is 0 Å². The lowest BCUT2D eigenvalue weighted by Crippen LogP contribution is -2.49. The molecule has 1 aliphatic rings. The van der Waals surface area contributed by atoms with Crippen LogP contribution in [0.2, 0.25) is 0 Å². The van der Waals surface area contributed by atoms with Crippen LogP contribution in [0.1, 0.15) is 22.8 Å². The van der Waals surface area contributed by atoms with E-state index in [-0.39, 0.29) is 35.7 Å². The fourth-order valence-electron chi connectivity index (χ4n) is 2.94. The van der Waals surface area contributed by atoms with Gasteiger partial charge in [0.1, 0.15) is 0 Å². The first-order valence-corrected chi connectivity index (χ1v) is 10.8. The Morgan fingerprint density at radius 2 is 1.73 bits per heavy atom. The maximum atomic E-state index is 12.5. The van der Waals surface area contributed by atoms with Crippen molar-refractivity contribution >= 4 is 33.4 Å². The molecule has 9 nitrogen and oxygen atoms in total. The summed E-state index contributed by atoms with van der Waals surface area (Å²) in [6.07, 6.45) is 0. The number of carbonyl (C=O) groups excluding carboxylic acids is 3. The molecule has 3 N–H and O–H groups in total. The number of anilines is 1. The molecular formula is C20H22N4O5S. The minimum Gasteiger partial charge on any atom is -0.353 e. The van der Waals surface area contributed by atoms with Crippen molar-refractivity contribution in [3.63, 3.8) is 0 Å². The van der Waals surface area contributed by atoms with Gasteiger partial charge in [0.25, 0.3) is 5.91 Å². The van der Waals surface area contributed by atoms with E-state index in [1.165, 1.54) is 36.1 Å². The van der Waals surface area contributed by atoms with Gasteiger partial charge in [-0.25, -0.2) is 13.1 Å². The van der Waals surface area contributed by atoms with Gasteiger partial charge in [-0.05, 0) is 42.0 Å². The molecule has 0 atom stereocenters. The van der Waals surface area contributed by atoms with Crippen molar-refractivity contribution in [1.29, 1.82) is 0 Å². The van der Waals surface area contributed by atoms with Crippen molar-refractivity contribution in [2.24, 2.45) is 0 Å². The third kappa shape index (κ3) is 5.43. The Bertz CT molecular complexity index is 1050. The molecule has 0 unspecified atom stereocenters. The summed E-state index contributed by atoms with van der Waals surface area (Å²) in [5, 5.41) is 5.24. The third-order valence-electron chi connectivity index (χ3n) is 4.48. The second kappa shape index (κ2) is 9.06. The molecule has 3 rings (SSSR count). The quantitative estimate of drug-likeness (QED) is 0.622. The van der Waals surface area contributed by atoms with Crippen molar-refractivity contribution < 1.29 is 22.8 Å². The lowest BCUT2D eigenvalue weighted by Gasteiger charge is -2.26. The Labute approximate surface area is 174 Å². The molecule has 30 heavy (non-hydrogen) atoms. The van der Waals surface area contributed by atoms with Crippen LogP contribution in [0.15, 0.2) is 53.4 Å². The monoisotopic (exact) mass is 430 g/mol. The molecule has 2 aromatic rings. The molecular weight excluding hydrogens is 408 g/mol. The normalized spacial score (nSPS) is 14.2. The van der Waals surface area contributed by atoms with E-state index in [2.05, 4.69) is 15.4 Å². The van der Waals surface area contributed by atoms with Crippen LogP contribution in [0.3, 0.4) is 0 Å². The van der Waals surface area contributed by atoms with Gasteiger partial charge in [0.2, 0.25) is 21.8 Å². The molecule has 0 aliphatic carbocycles. The Morgan fingerprint density at radius 3 is 2.33 bits per heavy atom. The highest BCUT2D eigenvalue weighted by atomic mass is 32.2. The average molecular weight is 430 g/mol. The molecule has 3 amide bonds. The van der Waals surface area contributed by atoms with E-state index >= 15 is 0 Å². The molecule has 0 spiro atoms. The predicted molar refractivity (Wildman–Crippen MR) is 110 cm³/mol. The summed E-state index contributed by atoms with van der Waals surface area (Å²) >= 11 is 0. The number of rotatable bonds is 6. The molecule has 1 heterocycles. The maximum absolute atomic E-state index is 12.5. The summed E-state index contributed by atoms with van der Waals surface area (Å²) < 4.78 is 27.4. The van der Waals surface area contributed by atoms with Crippen LogP contribution in [0.5, 0.6) is 0 Å². The van der Waals surface area contributed by atoms with Gasteiger partial charge in [0, 0.05) is 37.8 Å². The van der Waals surface area contributed by atoms with Crippen LogP contribution in [0.25, 0.3) is 0 Å². The molecule has 0 radical (unpaired) electrons. The summed E-state index contributed by atoms with van der Waals surface area (Å²) in [6.45, 7) is 2.33. The zero-order valence-corrected chi connectivity index (χ0v) is 17.2. The first-order chi connectivity index (χ1) is 14.2. The van der Waals surface area contributed by atoms with Crippen LogP contribution in [0, 0.1) is 0 Å². The maximum Gasteiger partial charge on any atom is 0.254 e. The fourth-order valence-corrected chi connectivity index (χ4v) is 3.96. The van der Waals surface area contributed by atoms with Crippen molar-refractivity contribution in [3.8, 4) is 0 Å². The molecule has 0 aromatic heterocycles. The SMILES string of the molecule is CC(=O)Nc1ccc(S(=O)(=O)NCc2ccc(C(=O)N3CCNC(=O)C3)cc2)cc1. The van der Waals surface area contributed by atoms with Crippen molar-refractivity contribution in [3.05, 3.63) is 59.7 Å². The summed E-state index contributed by atoms with van der Waals surface area (Å²) in [7, 11) is -3.74. The van der Waals surface area contributed by atoms with E-state index in [4.69, 9.17) is 0 Å². The van der Waals surface area contributed by atoms with E-state index in [0.29, 0.717) is 29.9 Å². The fraction of sp³-hybridized carbons (Fsp3) is 0.250. The van der Waals surface area contributed by atoms with Crippen molar-refractivity contribution in [2.45, 2.75) is 18.4 Å². The zero-order chi connectivity index (χ0) is 21.7. The number of piperazine rings is 1. The molecule has 0 saturated carbocycles. The predicted octanol–water partition coefficient (Wildman–Crippen LogP) is 0.696. The van der Waals surface area contributed by atoms with Crippen LogP contribution < -0.4 is 15.4 Å². The van der Waals surface area contributed by atoms with Crippen LogP contribution >= 0.6 is 0 Å². The molecule has 1 saturated heterocycles. The van der Waals surface area contributed by atoms with E-state index in [9.17, 15) is 22.8 Å². The number of sulfonamides is 1. The van der Waals surface area contributed by atoms with Gasteiger partial charge >= 0.3 is 0 Å². The molecule has 1 aliphatic heterocycles. The summed E-state index contributed by atoms with van der Waals surface area (Å²) in [5.41, 5.74) is 1.62. The summed E-state index contributed by atoms with van der Waals surface area (Å²) in [6, 6.07) is 12.4. The number of nitrogens with one attached hydrogen (secondary N) is 3. The Morgan fingerprint density at radius 1 is 1.07 bits per heavy atom. The van der Waals surface area contributed by atoms with Gasteiger partial charge in [0.15, 0.2) is 0 Å². The Hall–Kier alpha value is -3.24. The van der Waals surface area contributed by atoms with E-state index in [1.54, 1.807) is 24.3 Å². The standard InChI is InChI=1S/C20H22N4O5S/c1-14(25)23-17-6-8-18(9-7-17)30(28,29)22-12-15-2-4-16(5-3-15)20(27)24-11-10-21-19(26)13-24/h2-9,22H,10-13H2,1H3,(H,21,26)(H,23,25). The van der Waals surface area contributed by atoms with Crippen molar-refractivity contribution in [2.75, 3.05) is 25.0 Å². The lowest BCUT2D eigenvalue weighted by atomic mass is 10.1. The van der Waals surface area contributed by atoms with E-state index in [1.807, 2.05) is 0 Å². The van der Waals surface area contributed by atoms with Gasteiger partial charge in [-0.2, -0.15) is 0 Å². The second-order valence-corrected chi connectivity index (χ2v) is 8.57. The average Bonchev–Trinajstić information content (AvgIpc) is 2.72. The largest absolute Gasteiger partial charge is 0.353 e. The molecule has 10 heteroatoms. The highest BCUT2D eigenvalue weighted by molar-refractivity contribution is 7.89.